The van der Waals surface area contributed by atoms with Gasteiger partial charge in [-0.2, -0.15) is 0 Å². The molecule has 8 rings (SSSR count). The molecule has 2 aromatic heterocycles. The Balaban J connectivity index is 0.000000413. The largest absolute Gasteiger partial charge is 0.444 e. The van der Waals surface area contributed by atoms with Gasteiger partial charge in [-0.25, -0.2) is 24.0 Å². The number of piperidine rings is 4. The van der Waals surface area contributed by atoms with Gasteiger partial charge in [0.1, 0.15) is 28.0 Å². The van der Waals surface area contributed by atoms with Crippen LogP contribution in [0.25, 0.3) is 0 Å². The average Bonchev–Trinajstić information content (AvgIpc) is 0.857. The van der Waals surface area contributed by atoms with Gasteiger partial charge >= 0.3 is 30.5 Å². The molecule has 558 valence electrons. The summed E-state index contributed by atoms with van der Waals surface area (Å²) in [5, 5.41) is 21.0. The number of rotatable bonds is 9. The van der Waals surface area contributed by atoms with Gasteiger partial charge in [-0.3, -0.25) is 29.5 Å². The summed E-state index contributed by atoms with van der Waals surface area (Å²) < 4.78 is 41.7. The van der Waals surface area contributed by atoms with Gasteiger partial charge in [-0.05, 0) is 232 Å². The summed E-state index contributed by atoms with van der Waals surface area (Å²) >= 11 is 0. The second kappa shape index (κ2) is 43.4. The highest BCUT2D eigenvalue weighted by atomic mass is 19.1. The van der Waals surface area contributed by atoms with Gasteiger partial charge in [-0.1, -0.05) is 60.7 Å². The molecule has 4 aliphatic heterocycles. The molecule has 2 aromatic carbocycles. The monoisotopic (exact) mass is 1390 g/mol. The third-order valence-corrected chi connectivity index (χ3v) is 15.2. The maximum absolute atomic E-state index is 11.9. The number of amides is 5. The zero-order valence-electron chi connectivity index (χ0n) is 64.8. The fraction of sp³-hybridized carbons (Fsp3) is 0.645. The Morgan fingerprint density at radius 2 is 0.788 bits per heavy atom. The average molecular weight is 1390 g/mol. The number of hydrogen-bond donors (Lipinski definition) is 8. The highest BCUT2D eigenvalue weighted by Gasteiger charge is 2.31. The standard InChI is InChI=1S/2C18H28N2O2.2C11H22N2O2.C11H16N2O2.C6H8N2.CH3F/c2*1-14-10-11-16(19-17(21)22-18(2,3)4)13-20(14)12-15-8-6-5-7-9-15;3*1-8-5-6-9(7-12-8)13-10(14)15-11(2,3)4;1-5-2-3-6(7)4-8-5;1-2/h2*5-9,14,16H,10-13H2,1-4H3,(H,19,21);2*8-9,12H,5-7H2,1-4H3,(H,13,14);5-7H,1-4H3,(H,13,14);2-4H,7H2,1H3;1H3/t14-,16+;14-,16-;8-,9-;;;;/m011..../s1/i;;;;;;1D. The molecule has 6 heterocycles. The minimum atomic E-state index is -1.00. The molecule has 0 bridgehead atoms. The summed E-state index contributed by atoms with van der Waals surface area (Å²) in [5.41, 5.74) is 9.03. The van der Waals surface area contributed by atoms with Crippen LogP contribution in [0.15, 0.2) is 97.3 Å². The number of halogens is 1. The number of likely N-dealkylation sites (tertiary alicyclic amines) is 2. The van der Waals surface area contributed by atoms with Crippen LogP contribution >= 0.6 is 0 Å². The number of aryl methyl sites for hydroxylation is 2. The number of carbonyl (C=O) groups excluding carboxylic acids is 5. The van der Waals surface area contributed by atoms with Crippen LogP contribution in [0, 0.1) is 13.8 Å². The van der Waals surface area contributed by atoms with E-state index >= 15 is 0 Å². The normalized spacial score (nSPS) is 21.1. The fourth-order valence-electron chi connectivity index (χ4n) is 10.3. The van der Waals surface area contributed by atoms with Crippen molar-refractivity contribution in [2.75, 3.05) is 44.4 Å². The Kier molecular flexibility index (Phi) is 37.6. The van der Waals surface area contributed by atoms with Gasteiger partial charge in [0, 0.05) is 99.0 Å². The summed E-state index contributed by atoms with van der Waals surface area (Å²) in [6.45, 7) is 45.9. The fourth-order valence-corrected chi connectivity index (χ4v) is 10.3. The van der Waals surface area contributed by atoms with E-state index in [9.17, 15) is 28.4 Å². The first-order chi connectivity index (χ1) is 46.5. The van der Waals surface area contributed by atoms with Crippen molar-refractivity contribution in [2.45, 2.75) is 286 Å². The van der Waals surface area contributed by atoms with Crippen LogP contribution in [-0.2, 0) is 36.8 Å². The van der Waals surface area contributed by atoms with Crippen molar-refractivity contribution in [1.29, 1.82) is 0 Å². The van der Waals surface area contributed by atoms with Crippen LogP contribution < -0.4 is 43.0 Å². The lowest BCUT2D eigenvalue weighted by atomic mass is 9.98. The van der Waals surface area contributed by atoms with E-state index in [-0.39, 0.29) is 48.5 Å². The molecule has 22 nitrogen and oxygen atoms in total. The summed E-state index contributed by atoms with van der Waals surface area (Å²) in [7, 11) is -1.00. The van der Waals surface area contributed by atoms with E-state index in [0.717, 1.165) is 108 Å². The third kappa shape index (κ3) is 43.7. The predicted molar refractivity (Wildman–Crippen MR) is 396 cm³/mol. The van der Waals surface area contributed by atoms with E-state index in [1.165, 1.54) is 11.1 Å². The molecular formula is C76H127FN12O10. The smallest absolute Gasteiger partial charge is 0.412 e. The van der Waals surface area contributed by atoms with Crippen molar-refractivity contribution in [3.8, 4) is 0 Å². The van der Waals surface area contributed by atoms with Crippen LogP contribution in [0.2, 0.25) is 0 Å². The predicted octanol–water partition coefficient (Wildman–Crippen LogP) is 14.7. The maximum Gasteiger partial charge on any atom is 0.412 e. The molecule has 0 radical (unpaired) electrons. The molecule has 0 spiro atoms. The Bertz CT molecular complexity index is 2770. The van der Waals surface area contributed by atoms with Gasteiger partial charge in [0.15, 0.2) is 0 Å². The van der Waals surface area contributed by atoms with E-state index in [1.54, 1.807) is 18.5 Å². The molecule has 8 atom stereocenters. The topological polar surface area (TPSA) is 274 Å². The zero-order chi connectivity index (χ0) is 75.4. The maximum atomic E-state index is 11.9. The molecule has 0 aliphatic carbocycles. The Labute approximate surface area is 594 Å². The van der Waals surface area contributed by atoms with E-state index in [2.05, 4.69) is 133 Å². The van der Waals surface area contributed by atoms with Crippen molar-refractivity contribution >= 4 is 41.8 Å². The van der Waals surface area contributed by atoms with Crippen LogP contribution in [0.4, 0.5) is 39.7 Å². The van der Waals surface area contributed by atoms with Gasteiger partial charge in [0.2, 0.25) is 0 Å². The van der Waals surface area contributed by atoms with Crippen LogP contribution in [0.3, 0.4) is 0 Å². The molecule has 99 heavy (non-hydrogen) atoms. The number of anilines is 2. The van der Waals surface area contributed by atoms with E-state index in [0.29, 0.717) is 29.9 Å². The number of nitrogen functional groups attached to an aromatic ring is 1. The molecule has 4 aliphatic rings. The van der Waals surface area contributed by atoms with Gasteiger partial charge in [-0.15, -0.1) is 0 Å². The number of alkyl halides is 1. The number of ether oxygens (including phenoxy) is 5. The first-order valence-corrected chi connectivity index (χ1v) is 34.9. The number of pyridine rings is 2. The van der Waals surface area contributed by atoms with Crippen molar-refractivity contribution in [3.05, 3.63) is 120 Å². The van der Waals surface area contributed by atoms with Crippen molar-refractivity contribution < 1.29 is 53.4 Å². The third-order valence-electron chi connectivity index (χ3n) is 15.2. The Morgan fingerprint density at radius 1 is 0.475 bits per heavy atom. The summed E-state index contributed by atoms with van der Waals surface area (Å²) in [6, 6.07) is 31.2. The van der Waals surface area contributed by atoms with Gasteiger partial charge < -0.3 is 61.3 Å². The summed E-state index contributed by atoms with van der Waals surface area (Å²) in [6.07, 6.45) is 9.95. The van der Waals surface area contributed by atoms with E-state index in [1.807, 2.05) is 148 Å². The summed E-state index contributed by atoms with van der Waals surface area (Å²) in [4.78, 5) is 71.0. The second-order valence-electron chi connectivity index (χ2n) is 30.9. The molecule has 4 saturated heterocycles. The number of aromatic nitrogens is 2. The van der Waals surface area contributed by atoms with Crippen LogP contribution in [0.1, 0.15) is 207 Å². The molecule has 2 unspecified atom stereocenters. The van der Waals surface area contributed by atoms with E-state index < -0.39 is 41.3 Å². The second-order valence-corrected chi connectivity index (χ2v) is 30.9. The number of hydrogen-bond acceptors (Lipinski definition) is 17. The first-order valence-electron chi connectivity index (χ1n) is 35.6. The first kappa shape index (κ1) is 85.9. The molecule has 4 fully saturated rings. The van der Waals surface area contributed by atoms with Gasteiger partial charge in [0.25, 0.3) is 0 Å². The number of nitrogens with one attached hydrogen (secondary N) is 7. The Morgan fingerprint density at radius 3 is 1.07 bits per heavy atom. The zero-order valence-corrected chi connectivity index (χ0v) is 63.8. The quantitative estimate of drug-likeness (QED) is 0.0723. The summed E-state index contributed by atoms with van der Waals surface area (Å²) in [5.74, 6) is 0. The minimum absolute atomic E-state index is 0.162. The lowest BCUT2D eigenvalue weighted by Gasteiger charge is -2.38. The number of carbonyl (C=O) groups is 5. The lowest BCUT2D eigenvalue weighted by Crippen LogP contribution is -2.51. The number of alkyl carbamates (subject to hydrolysis) is 4. The van der Waals surface area contributed by atoms with Crippen LogP contribution in [-0.4, -0.2) is 160 Å². The van der Waals surface area contributed by atoms with Crippen LogP contribution in [0.5, 0.6) is 0 Å². The molecule has 4 aromatic rings. The highest BCUT2D eigenvalue weighted by molar-refractivity contribution is 5.84. The van der Waals surface area contributed by atoms with Crippen molar-refractivity contribution in [2.24, 2.45) is 0 Å². The molecule has 9 N–H and O–H groups in total. The Hall–Kier alpha value is -7.34. The lowest BCUT2D eigenvalue weighted by molar-refractivity contribution is 0.0432. The van der Waals surface area contributed by atoms with Crippen molar-refractivity contribution in [3.63, 3.8) is 0 Å². The molecular weight excluding hydrogens is 1260 g/mol. The number of nitrogens with zero attached hydrogens (tertiary/aromatic N) is 4. The van der Waals surface area contributed by atoms with E-state index in [4.69, 9.17) is 30.8 Å². The minimum Gasteiger partial charge on any atom is -0.444 e. The van der Waals surface area contributed by atoms with Crippen molar-refractivity contribution in [1.82, 2.24) is 51.7 Å². The molecule has 23 heteroatoms. The molecule has 0 saturated carbocycles. The number of nitrogens with two attached hydrogens (primary N) is 1. The SMILES string of the molecule is CC1CCC(NC(=O)OC(C)(C)C)CN1.C[C@@H]1CC[C@@H](NC(=O)OC(C)(C)C)CN1.C[C@@H]1CC[C@@H](NC(=O)OC(C)(C)C)CN1Cc1ccccc1.C[C@H]1CC[C@@H](NC(=O)OC(C)(C)C)CN1Cc1ccccc1.Cc1ccc(N)cn1.Cc1ccc(NC(=O)OC(C)(C)C)cn1.[2H]CF. The van der Waals surface area contributed by atoms with Gasteiger partial charge in [0.05, 0.1) is 32.3 Å². The number of benzene rings is 2. The highest BCUT2D eigenvalue weighted by Crippen LogP contribution is 2.23. The molecule has 5 amide bonds.